The molecule has 0 spiro atoms. The zero-order valence-corrected chi connectivity index (χ0v) is 19.1. The topological polar surface area (TPSA) is 110 Å². The lowest BCUT2D eigenvalue weighted by atomic mass is 9.86. The van der Waals surface area contributed by atoms with Gasteiger partial charge < -0.3 is 15.5 Å². The Morgan fingerprint density at radius 1 is 1.26 bits per heavy atom. The second-order valence-electron chi connectivity index (χ2n) is 8.28. The second-order valence-corrected chi connectivity index (χ2v) is 10.2. The average Bonchev–Trinajstić information content (AvgIpc) is 2.72. The molecule has 1 aromatic carbocycles. The van der Waals surface area contributed by atoms with Gasteiger partial charge in [-0.05, 0) is 50.7 Å². The van der Waals surface area contributed by atoms with Gasteiger partial charge in [-0.15, -0.1) is 0 Å². The van der Waals surface area contributed by atoms with E-state index < -0.39 is 10.0 Å². The summed E-state index contributed by atoms with van der Waals surface area (Å²) in [6.07, 6.45) is 5.45. The highest BCUT2D eigenvalue weighted by molar-refractivity contribution is 7.89. The SMILES string of the molecule is CCNC(=NCCS(=O)(=O)NCC1CCC1)NC1CCCN(c2ccccc2C#N)C1. The van der Waals surface area contributed by atoms with Crippen molar-refractivity contribution in [2.75, 3.05) is 43.4 Å². The summed E-state index contributed by atoms with van der Waals surface area (Å²) in [4.78, 5) is 6.72. The Kier molecular flexibility index (Phi) is 8.55. The summed E-state index contributed by atoms with van der Waals surface area (Å²) >= 11 is 0. The van der Waals surface area contributed by atoms with Crippen LogP contribution in [0.1, 0.15) is 44.6 Å². The van der Waals surface area contributed by atoms with Gasteiger partial charge in [0.05, 0.1) is 23.5 Å². The van der Waals surface area contributed by atoms with Crippen molar-refractivity contribution in [3.63, 3.8) is 0 Å². The number of hydrogen-bond acceptors (Lipinski definition) is 5. The van der Waals surface area contributed by atoms with Crippen LogP contribution in [-0.2, 0) is 10.0 Å². The third-order valence-corrected chi connectivity index (χ3v) is 7.24. The predicted octanol–water partition coefficient (Wildman–Crippen LogP) is 1.80. The minimum Gasteiger partial charge on any atom is -0.368 e. The van der Waals surface area contributed by atoms with E-state index in [-0.39, 0.29) is 18.3 Å². The van der Waals surface area contributed by atoms with Crippen LogP contribution in [0.5, 0.6) is 0 Å². The molecular weight excluding hydrogens is 412 g/mol. The van der Waals surface area contributed by atoms with Crippen LogP contribution < -0.4 is 20.3 Å². The van der Waals surface area contributed by atoms with Crippen LogP contribution in [-0.4, -0.2) is 58.9 Å². The second kappa shape index (κ2) is 11.3. The number of para-hydroxylation sites is 1. The molecule has 1 saturated heterocycles. The number of guanidine groups is 1. The fraction of sp³-hybridized carbons (Fsp3) is 0.636. The Bertz CT molecular complexity index is 892. The van der Waals surface area contributed by atoms with Gasteiger partial charge in [-0.2, -0.15) is 5.26 Å². The summed E-state index contributed by atoms with van der Waals surface area (Å²) in [6.45, 7) is 5.13. The number of benzene rings is 1. The summed E-state index contributed by atoms with van der Waals surface area (Å²) in [6, 6.07) is 10.1. The van der Waals surface area contributed by atoms with E-state index >= 15 is 0 Å². The maximum absolute atomic E-state index is 12.2. The zero-order valence-electron chi connectivity index (χ0n) is 18.3. The molecule has 3 rings (SSSR count). The van der Waals surface area contributed by atoms with Crippen molar-refractivity contribution in [2.24, 2.45) is 10.9 Å². The molecule has 31 heavy (non-hydrogen) atoms. The molecule has 1 atom stereocenters. The van der Waals surface area contributed by atoms with E-state index in [4.69, 9.17) is 0 Å². The van der Waals surface area contributed by atoms with Crippen molar-refractivity contribution >= 4 is 21.7 Å². The molecule has 1 unspecified atom stereocenters. The van der Waals surface area contributed by atoms with Crippen LogP contribution in [0.3, 0.4) is 0 Å². The first kappa shape index (κ1) is 23.4. The number of nitrogens with one attached hydrogen (secondary N) is 3. The molecule has 1 saturated carbocycles. The van der Waals surface area contributed by atoms with Crippen molar-refractivity contribution < 1.29 is 8.42 Å². The maximum Gasteiger partial charge on any atom is 0.213 e. The van der Waals surface area contributed by atoms with Crippen molar-refractivity contribution in [1.82, 2.24) is 15.4 Å². The van der Waals surface area contributed by atoms with E-state index in [1.807, 2.05) is 31.2 Å². The van der Waals surface area contributed by atoms with E-state index in [9.17, 15) is 13.7 Å². The minimum absolute atomic E-state index is 0.0113. The van der Waals surface area contributed by atoms with Crippen molar-refractivity contribution in [3.05, 3.63) is 29.8 Å². The van der Waals surface area contributed by atoms with Crippen LogP contribution in [0.25, 0.3) is 0 Å². The first-order chi connectivity index (χ1) is 15.0. The zero-order chi connectivity index (χ0) is 22.1. The predicted molar refractivity (Wildman–Crippen MR) is 125 cm³/mol. The van der Waals surface area contributed by atoms with Gasteiger partial charge in [0.1, 0.15) is 6.07 Å². The Morgan fingerprint density at radius 3 is 2.77 bits per heavy atom. The number of nitriles is 1. The van der Waals surface area contributed by atoms with Crippen molar-refractivity contribution in [1.29, 1.82) is 5.26 Å². The van der Waals surface area contributed by atoms with Gasteiger partial charge in [-0.25, -0.2) is 13.1 Å². The molecule has 1 heterocycles. The summed E-state index contributed by atoms with van der Waals surface area (Å²) in [5.74, 6) is 1.12. The van der Waals surface area contributed by atoms with Gasteiger partial charge in [-0.3, -0.25) is 4.99 Å². The molecule has 0 aromatic heterocycles. The molecule has 2 aliphatic rings. The number of aliphatic imine (C=N–C) groups is 1. The number of rotatable bonds is 9. The van der Waals surface area contributed by atoms with Crippen LogP contribution in [0.15, 0.2) is 29.3 Å². The highest BCUT2D eigenvalue weighted by Crippen LogP contribution is 2.25. The molecule has 0 radical (unpaired) electrons. The van der Waals surface area contributed by atoms with Crippen molar-refractivity contribution in [2.45, 2.75) is 45.1 Å². The van der Waals surface area contributed by atoms with Crippen molar-refractivity contribution in [3.8, 4) is 6.07 Å². The van der Waals surface area contributed by atoms with Gasteiger partial charge >= 0.3 is 0 Å². The first-order valence-corrected chi connectivity index (χ1v) is 12.9. The van der Waals surface area contributed by atoms with Gasteiger partial charge in [0.2, 0.25) is 10.0 Å². The molecule has 1 aliphatic heterocycles. The van der Waals surface area contributed by atoms with Gasteiger partial charge in [0.25, 0.3) is 0 Å². The lowest BCUT2D eigenvalue weighted by Gasteiger charge is -2.35. The lowest BCUT2D eigenvalue weighted by molar-refractivity contribution is 0.316. The molecular formula is C22H34N6O2S. The monoisotopic (exact) mass is 446 g/mol. The highest BCUT2D eigenvalue weighted by atomic mass is 32.2. The number of sulfonamides is 1. The van der Waals surface area contributed by atoms with E-state index in [2.05, 4.69) is 31.3 Å². The summed E-state index contributed by atoms with van der Waals surface area (Å²) in [7, 11) is -3.30. The first-order valence-electron chi connectivity index (χ1n) is 11.3. The Hall–Kier alpha value is -2.31. The summed E-state index contributed by atoms with van der Waals surface area (Å²) < 4.78 is 27.1. The third kappa shape index (κ3) is 7.11. The highest BCUT2D eigenvalue weighted by Gasteiger charge is 2.23. The third-order valence-electron chi connectivity index (χ3n) is 5.92. The molecule has 1 aromatic rings. The standard InChI is InChI=1S/C22H34N6O2S/c1-2-24-22(25-12-14-31(29,30)26-16-18-7-5-8-18)27-20-10-6-13-28(17-20)21-11-4-3-9-19(21)15-23/h3-4,9,11,18,20,26H,2,5-8,10,12-14,16-17H2,1H3,(H2,24,25,27). The largest absolute Gasteiger partial charge is 0.368 e. The van der Waals surface area contributed by atoms with E-state index in [1.165, 1.54) is 6.42 Å². The molecule has 0 bridgehead atoms. The average molecular weight is 447 g/mol. The maximum atomic E-state index is 12.2. The van der Waals surface area contributed by atoms with Gasteiger partial charge in [0, 0.05) is 32.2 Å². The fourth-order valence-electron chi connectivity index (χ4n) is 3.96. The number of nitrogens with zero attached hydrogens (tertiary/aromatic N) is 3. The smallest absolute Gasteiger partial charge is 0.213 e. The van der Waals surface area contributed by atoms with Gasteiger partial charge in [-0.1, -0.05) is 18.6 Å². The molecule has 2 fully saturated rings. The van der Waals surface area contributed by atoms with E-state index in [0.717, 1.165) is 44.5 Å². The van der Waals surface area contributed by atoms with Gasteiger partial charge in [0.15, 0.2) is 5.96 Å². The van der Waals surface area contributed by atoms with E-state index in [1.54, 1.807) is 0 Å². The molecule has 8 nitrogen and oxygen atoms in total. The lowest BCUT2D eigenvalue weighted by Crippen LogP contribution is -2.51. The molecule has 170 valence electrons. The quantitative estimate of drug-likeness (QED) is 0.394. The Balaban J connectivity index is 1.54. The van der Waals surface area contributed by atoms with Crippen LogP contribution in [0.2, 0.25) is 0 Å². The Labute approximate surface area is 186 Å². The Morgan fingerprint density at radius 2 is 2.06 bits per heavy atom. The van der Waals surface area contributed by atoms with Crippen LogP contribution in [0.4, 0.5) is 5.69 Å². The normalized spacial score (nSPS) is 20.1. The molecule has 1 aliphatic carbocycles. The number of piperidine rings is 1. The molecule has 3 N–H and O–H groups in total. The summed E-state index contributed by atoms with van der Waals surface area (Å²) in [5, 5.41) is 16.1. The summed E-state index contributed by atoms with van der Waals surface area (Å²) in [5.41, 5.74) is 1.64. The van der Waals surface area contributed by atoms with Crippen LogP contribution >= 0.6 is 0 Å². The number of anilines is 1. The fourth-order valence-corrected chi connectivity index (χ4v) is 4.93. The molecule has 0 amide bonds. The number of hydrogen-bond donors (Lipinski definition) is 3. The van der Waals surface area contributed by atoms with Crippen LogP contribution in [0, 0.1) is 17.2 Å². The minimum atomic E-state index is -3.30. The van der Waals surface area contributed by atoms with E-state index in [0.29, 0.717) is 30.5 Å². The molecule has 9 heteroatoms.